The molecule has 1 rings (SSSR count). The van der Waals surface area contributed by atoms with Crippen molar-refractivity contribution in [3.05, 3.63) is 11.9 Å². The van der Waals surface area contributed by atoms with Crippen LogP contribution in [-0.2, 0) is 4.74 Å². The third-order valence-corrected chi connectivity index (χ3v) is 2.44. The smallest absolute Gasteiger partial charge is 0.221 e. The van der Waals surface area contributed by atoms with Crippen LogP contribution in [0.1, 0.15) is 39.7 Å². The highest BCUT2D eigenvalue weighted by Gasteiger charge is 2.11. The molecule has 0 atom stereocenters. The third-order valence-electron chi connectivity index (χ3n) is 2.44. The number of nitrogens with one attached hydrogen (secondary N) is 1. The average molecular weight is 267 g/mol. The zero-order chi connectivity index (χ0) is 14.3. The van der Waals surface area contributed by atoms with Gasteiger partial charge < -0.3 is 14.8 Å². The highest BCUT2D eigenvalue weighted by Crippen LogP contribution is 2.20. The van der Waals surface area contributed by atoms with Gasteiger partial charge in [-0.3, -0.25) is 0 Å². The molecule has 19 heavy (non-hydrogen) atoms. The molecular formula is C14H25N3O2. The van der Waals surface area contributed by atoms with E-state index in [9.17, 15) is 0 Å². The van der Waals surface area contributed by atoms with Crippen molar-refractivity contribution in [3.63, 3.8) is 0 Å². The average Bonchev–Trinajstić information content (AvgIpc) is 2.33. The van der Waals surface area contributed by atoms with Crippen molar-refractivity contribution in [2.24, 2.45) is 0 Å². The summed E-state index contributed by atoms with van der Waals surface area (Å²) in [6.45, 7) is 12.1. The van der Waals surface area contributed by atoms with E-state index in [1.807, 2.05) is 27.7 Å². The molecule has 0 spiro atoms. The molecule has 0 unspecified atom stereocenters. The van der Waals surface area contributed by atoms with Gasteiger partial charge in [0.25, 0.3) is 0 Å². The minimum Gasteiger partial charge on any atom is -0.475 e. The molecule has 0 fully saturated rings. The Labute approximate surface area is 115 Å². The van der Waals surface area contributed by atoms with E-state index in [-0.39, 0.29) is 5.60 Å². The molecule has 1 aromatic rings. The van der Waals surface area contributed by atoms with Gasteiger partial charge in [0, 0.05) is 6.54 Å². The molecule has 0 bridgehead atoms. The van der Waals surface area contributed by atoms with Crippen molar-refractivity contribution in [1.29, 1.82) is 0 Å². The highest BCUT2D eigenvalue weighted by atomic mass is 16.5. The lowest BCUT2D eigenvalue weighted by Crippen LogP contribution is -2.22. The summed E-state index contributed by atoms with van der Waals surface area (Å²) < 4.78 is 11.2. The van der Waals surface area contributed by atoms with Gasteiger partial charge in [-0.05, 0) is 34.1 Å². The molecule has 1 heterocycles. The van der Waals surface area contributed by atoms with Crippen LogP contribution in [0.2, 0.25) is 0 Å². The number of nitrogens with zero attached hydrogens (tertiary/aromatic N) is 2. The van der Waals surface area contributed by atoms with Gasteiger partial charge in [0.05, 0.1) is 17.8 Å². The molecule has 0 aliphatic rings. The second kappa shape index (κ2) is 7.28. The minimum atomic E-state index is -0.141. The van der Waals surface area contributed by atoms with Crippen molar-refractivity contribution in [3.8, 4) is 5.88 Å². The lowest BCUT2D eigenvalue weighted by atomic mass is 10.2. The number of hydrogen-bond acceptors (Lipinski definition) is 5. The molecule has 1 N–H and O–H groups in total. The molecule has 0 saturated heterocycles. The van der Waals surface area contributed by atoms with E-state index >= 15 is 0 Å². The van der Waals surface area contributed by atoms with Gasteiger partial charge >= 0.3 is 0 Å². The lowest BCUT2D eigenvalue weighted by molar-refractivity contribution is -0.0168. The van der Waals surface area contributed by atoms with Gasteiger partial charge in [0.1, 0.15) is 18.8 Å². The van der Waals surface area contributed by atoms with Gasteiger partial charge in [-0.2, -0.15) is 0 Å². The number of hydrogen-bond donors (Lipinski definition) is 1. The van der Waals surface area contributed by atoms with Crippen LogP contribution in [0.5, 0.6) is 5.88 Å². The van der Waals surface area contributed by atoms with Crippen molar-refractivity contribution >= 4 is 5.82 Å². The Morgan fingerprint density at radius 3 is 2.58 bits per heavy atom. The lowest BCUT2D eigenvalue weighted by Gasteiger charge is -2.19. The SMILES string of the molecule is CCCNc1ncnc(OCCOC(C)(C)C)c1C. The first-order chi connectivity index (χ1) is 8.94. The van der Waals surface area contributed by atoms with Crippen LogP contribution < -0.4 is 10.1 Å². The maximum Gasteiger partial charge on any atom is 0.221 e. The quantitative estimate of drug-likeness (QED) is 0.770. The molecule has 5 heteroatoms. The summed E-state index contributed by atoms with van der Waals surface area (Å²) in [7, 11) is 0. The molecule has 0 saturated carbocycles. The molecule has 108 valence electrons. The van der Waals surface area contributed by atoms with Crippen LogP contribution >= 0.6 is 0 Å². The van der Waals surface area contributed by atoms with Gasteiger partial charge in [-0.25, -0.2) is 9.97 Å². The molecule has 1 aromatic heterocycles. The van der Waals surface area contributed by atoms with Crippen molar-refractivity contribution < 1.29 is 9.47 Å². The topological polar surface area (TPSA) is 56.3 Å². The summed E-state index contributed by atoms with van der Waals surface area (Å²) >= 11 is 0. The fraction of sp³-hybridized carbons (Fsp3) is 0.714. The number of aromatic nitrogens is 2. The van der Waals surface area contributed by atoms with Crippen LogP contribution in [0.15, 0.2) is 6.33 Å². The van der Waals surface area contributed by atoms with Crippen LogP contribution in [0, 0.1) is 6.92 Å². The summed E-state index contributed by atoms with van der Waals surface area (Å²) in [6, 6.07) is 0. The van der Waals surface area contributed by atoms with Gasteiger partial charge in [-0.15, -0.1) is 0 Å². The fourth-order valence-electron chi connectivity index (χ4n) is 1.49. The summed E-state index contributed by atoms with van der Waals surface area (Å²) in [5, 5.41) is 3.26. The van der Waals surface area contributed by atoms with E-state index in [4.69, 9.17) is 9.47 Å². The largest absolute Gasteiger partial charge is 0.475 e. The standard InChI is InChI=1S/C14H25N3O2/c1-6-7-15-12-11(2)13(17-10-16-12)18-8-9-19-14(3,4)5/h10H,6-9H2,1-5H3,(H,15,16,17). The monoisotopic (exact) mass is 267 g/mol. The highest BCUT2D eigenvalue weighted by molar-refractivity contribution is 5.47. The summed E-state index contributed by atoms with van der Waals surface area (Å²) in [4.78, 5) is 8.36. The van der Waals surface area contributed by atoms with Crippen LogP contribution in [0.25, 0.3) is 0 Å². The maximum absolute atomic E-state index is 5.64. The molecule has 0 radical (unpaired) electrons. The fourth-order valence-corrected chi connectivity index (χ4v) is 1.49. The summed E-state index contributed by atoms with van der Waals surface area (Å²) in [5.41, 5.74) is 0.796. The van der Waals surface area contributed by atoms with E-state index in [2.05, 4.69) is 22.2 Å². The zero-order valence-corrected chi connectivity index (χ0v) is 12.6. The number of ether oxygens (including phenoxy) is 2. The third kappa shape index (κ3) is 5.87. The van der Waals surface area contributed by atoms with E-state index in [1.54, 1.807) is 0 Å². The minimum absolute atomic E-state index is 0.141. The Kier molecular flexibility index (Phi) is 6.02. The molecule has 0 aliphatic heterocycles. The molecule has 5 nitrogen and oxygen atoms in total. The zero-order valence-electron chi connectivity index (χ0n) is 12.6. The molecule has 0 amide bonds. The van der Waals surface area contributed by atoms with Crippen LogP contribution in [0.4, 0.5) is 5.82 Å². The Balaban J connectivity index is 2.49. The van der Waals surface area contributed by atoms with Crippen LogP contribution in [-0.4, -0.2) is 35.3 Å². The first-order valence-electron chi connectivity index (χ1n) is 6.76. The molecule has 0 aliphatic carbocycles. The number of rotatable bonds is 7. The van der Waals surface area contributed by atoms with Gasteiger partial charge in [-0.1, -0.05) is 6.92 Å². The normalized spacial score (nSPS) is 11.4. The Morgan fingerprint density at radius 1 is 1.21 bits per heavy atom. The van der Waals surface area contributed by atoms with Gasteiger partial charge in [0.2, 0.25) is 5.88 Å². The first kappa shape index (κ1) is 15.7. The predicted octanol–water partition coefficient (Wildman–Crippen LogP) is 2.80. The Bertz CT molecular complexity index is 389. The number of anilines is 1. The van der Waals surface area contributed by atoms with E-state index in [0.29, 0.717) is 19.1 Å². The summed E-state index contributed by atoms with van der Waals surface area (Å²) in [5.74, 6) is 1.45. The van der Waals surface area contributed by atoms with Gasteiger partial charge in [0.15, 0.2) is 0 Å². The predicted molar refractivity (Wildman–Crippen MR) is 76.7 cm³/mol. The second-order valence-corrected chi connectivity index (χ2v) is 5.39. The van der Waals surface area contributed by atoms with Crippen molar-refractivity contribution in [1.82, 2.24) is 9.97 Å². The summed E-state index contributed by atoms with van der Waals surface area (Å²) in [6.07, 6.45) is 2.57. The van der Waals surface area contributed by atoms with E-state index in [0.717, 1.165) is 24.3 Å². The first-order valence-corrected chi connectivity index (χ1v) is 6.76. The maximum atomic E-state index is 5.64. The second-order valence-electron chi connectivity index (χ2n) is 5.39. The Morgan fingerprint density at radius 2 is 1.95 bits per heavy atom. The molecule has 0 aromatic carbocycles. The van der Waals surface area contributed by atoms with E-state index < -0.39 is 0 Å². The van der Waals surface area contributed by atoms with Crippen molar-refractivity contribution in [2.75, 3.05) is 25.1 Å². The van der Waals surface area contributed by atoms with E-state index in [1.165, 1.54) is 6.33 Å². The molecular weight excluding hydrogens is 242 g/mol. The van der Waals surface area contributed by atoms with Crippen molar-refractivity contribution in [2.45, 2.75) is 46.6 Å². The van der Waals surface area contributed by atoms with Crippen LogP contribution in [0.3, 0.4) is 0 Å². The Hall–Kier alpha value is -1.36.